The first-order chi connectivity index (χ1) is 10.7. The van der Waals surface area contributed by atoms with Gasteiger partial charge in [-0.25, -0.2) is 4.98 Å². The Morgan fingerprint density at radius 3 is 3.23 bits per heavy atom. The Morgan fingerprint density at radius 2 is 2.50 bits per heavy atom. The van der Waals surface area contributed by atoms with Gasteiger partial charge in [-0.15, -0.1) is 0 Å². The minimum absolute atomic E-state index is 0.0455. The number of rotatable bonds is 6. The van der Waals surface area contributed by atoms with Gasteiger partial charge in [-0.05, 0) is 36.2 Å². The van der Waals surface area contributed by atoms with Crippen LogP contribution >= 0.6 is 11.3 Å². The average Bonchev–Trinajstić information content (AvgIpc) is 3.12. The second-order valence-electron chi connectivity index (χ2n) is 5.15. The summed E-state index contributed by atoms with van der Waals surface area (Å²) < 4.78 is 6.98. The van der Waals surface area contributed by atoms with E-state index in [0.717, 1.165) is 42.8 Å². The molecule has 8 nitrogen and oxygen atoms in total. The number of nitro groups is 1. The zero-order valence-corrected chi connectivity index (χ0v) is 13.0. The minimum atomic E-state index is -0.422. The first-order valence-electron chi connectivity index (χ1n) is 7.09. The second-order valence-corrected chi connectivity index (χ2v) is 6.15. The van der Waals surface area contributed by atoms with Crippen molar-refractivity contribution in [3.63, 3.8) is 0 Å². The van der Waals surface area contributed by atoms with E-state index in [-0.39, 0.29) is 11.0 Å². The number of thiazole rings is 1. The van der Waals surface area contributed by atoms with Crippen molar-refractivity contribution >= 4 is 21.5 Å². The fraction of sp³-hybridized carbons (Fsp3) is 0.538. The molecule has 1 N–H and O–H groups in total. The molecule has 22 heavy (non-hydrogen) atoms. The zero-order chi connectivity index (χ0) is 15.5. The van der Waals surface area contributed by atoms with Gasteiger partial charge >= 0.3 is 5.00 Å². The van der Waals surface area contributed by atoms with Gasteiger partial charge in [-0.3, -0.25) is 14.8 Å². The number of methoxy groups -OCH3 is 1. The number of aromatic nitrogens is 3. The van der Waals surface area contributed by atoms with Crippen LogP contribution in [0.3, 0.4) is 0 Å². The molecule has 1 aliphatic rings. The number of fused-ring (bicyclic) bond motifs is 1. The van der Waals surface area contributed by atoms with E-state index >= 15 is 0 Å². The Balaban J connectivity index is 1.75. The number of hydrogen-bond donors (Lipinski definition) is 1. The maximum Gasteiger partial charge on any atom is 0.345 e. The standard InChI is InChI=1S/C13H17N5O3S/c1-21-6-5-17-8-9-3-2-4-10(12(9)16-17)15-13-14-7-11(22-13)18(19)20/h7-8,10H,2-6H2,1H3,(H,14,15)/t10-/m0/s1. The van der Waals surface area contributed by atoms with Crippen molar-refractivity contribution in [2.45, 2.75) is 31.8 Å². The summed E-state index contributed by atoms with van der Waals surface area (Å²) in [5, 5.41) is 19.2. The number of aryl methyl sites for hydroxylation is 1. The molecule has 0 amide bonds. The topological polar surface area (TPSA) is 95.1 Å². The van der Waals surface area contributed by atoms with Gasteiger partial charge in [-0.2, -0.15) is 5.10 Å². The third-order valence-corrected chi connectivity index (χ3v) is 4.51. The molecule has 0 radical (unpaired) electrons. The number of hydrogen-bond acceptors (Lipinski definition) is 7. The van der Waals surface area contributed by atoms with Crippen LogP contribution in [0.4, 0.5) is 10.1 Å². The molecule has 0 aromatic carbocycles. The quantitative estimate of drug-likeness (QED) is 0.648. The van der Waals surface area contributed by atoms with E-state index in [0.29, 0.717) is 11.7 Å². The van der Waals surface area contributed by atoms with Crippen LogP contribution in [0.15, 0.2) is 12.4 Å². The molecule has 2 aromatic heterocycles. The summed E-state index contributed by atoms with van der Waals surface area (Å²) in [7, 11) is 1.67. The lowest BCUT2D eigenvalue weighted by atomic mass is 9.94. The predicted octanol–water partition coefficient (Wildman–Crippen LogP) is 2.38. The summed E-state index contributed by atoms with van der Waals surface area (Å²) in [5.74, 6) is 0. The van der Waals surface area contributed by atoms with E-state index in [1.54, 1.807) is 7.11 Å². The van der Waals surface area contributed by atoms with Crippen molar-refractivity contribution in [1.29, 1.82) is 0 Å². The maximum absolute atomic E-state index is 10.7. The van der Waals surface area contributed by atoms with Crippen molar-refractivity contribution in [2.75, 3.05) is 19.0 Å². The van der Waals surface area contributed by atoms with E-state index < -0.39 is 4.92 Å². The van der Waals surface area contributed by atoms with Crippen LogP contribution in [-0.4, -0.2) is 33.4 Å². The second kappa shape index (κ2) is 6.41. The largest absolute Gasteiger partial charge is 0.383 e. The molecule has 0 saturated carbocycles. The highest BCUT2D eigenvalue weighted by molar-refractivity contribution is 7.18. The van der Waals surface area contributed by atoms with Gasteiger partial charge in [0.1, 0.15) is 6.20 Å². The lowest BCUT2D eigenvalue weighted by molar-refractivity contribution is -0.380. The summed E-state index contributed by atoms with van der Waals surface area (Å²) in [6, 6.07) is 0.0540. The third-order valence-electron chi connectivity index (χ3n) is 3.63. The lowest BCUT2D eigenvalue weighted by Gasteiger charge is -2.21. The smallest absolute Gasteiger partial charge is 0.345 e. The van der Waals surface area contributed by atoms with Gasteiger partial charge in [0.25, 0.3) is 0 Å². The van der Waals surface area contributed by atoms with Crippen molar-refractivity contribution in [1.82, 2.24) is 14.8 Å². The van der Waals surface area contributed by atoms with Gasteiger partial charge in [0.05, 0.1) is 29.8 Å². The molecule has 2 aromatic rings. The van der Waals surface area contributed by atoms with E-state index in [1.165, 1.54) is 11.8 Å². The Bertz CT molecular complexity index is 668. The molecule has 3 rings (SSSR count). The van der Waals surface area contributed by atoms with Gasteiger partial charge in [-0.1, -0.05) is 0 Å². The molecule has 2 heterocycles. The van der Waals surface area contributed by atoms with Crippen LogP contribution in [0.1, 0.15) is 30.1 Å². The highest BCUT2D eigenvalue weighted by Crippen LogP contribution is 2.34. The van der Waals surface area contributed by atoms with E-state index in [2.05, 4.69) is 21.6 Å². The van der Waals surface area contributed by atoms with Gasteiger partial charge in [0, 0.05) is 13.3 Å². The molecule has 118 valence electrons. The van der Waals surface area contributed by atoms with Crippen LogP contribution in [-0.2, 0) is 17.7 Å². The fourth-order valence-electron chi connectivity index (χ4n) is 2.60. The monoisotopic (exact) mass is 323 g/mol. The van der Waals surface area contributed by atoms with Crippen molar-refractivity contribution in [3.05, 3.63) is 33.8 Å². The third kappa shape index (κ3) is 3.09. The lowest BCUT2D eigenvalue weighted by Crippen LogP contribution is -2.17. The highest BCUT2D eigenvalue weighted by Gasteiger charge is 2.25. The van der Waals surface area contributed by atoms with Crippen LogP contribution < -0.4 is 5.32 Å². The van der Waals surface area contributed by atoms with E-state index in [1.807, 2.05) is 4.68 Å². The highest BCUT2D eigenvalue weighted by atomic mass is 32.1. The number of ether oxygens (including phenoxy) is 1. The maximum atomic E-state index is 10.7. The summed E-state index contributed by atoms with van der Waals surface area (Å²) in [6.07, 6.45) is 6.37. The summed E-state index contributed by atoms with van der Waals surface area (Å²) in [5.41, 5.74) is 2.24. The van der Waals surface area contributed by atoms with E-state index in [4.69, 9.17) is 4.74 Å². The Morgan fingerprint density at radius 1 is 1.64 bits per heavy atom. The van der Waals surface area contributed by atoms with E-state index in [9.17, 15) is 10.1 Å². The predicted molar refractivity (Wildman–Crippen MR) is 82.2 cm³/mol. The molecule has 1 aliphatic carbocycles. The van der Waals surface area contributed by atoms with Crippen LogP contribution in [0.5, 0.6) is 0 Å². The number of nitrogens with zero attached hydrogens (tertiary/aromatic N) is 4. The Labute approximate surface area is 131 Å². The van der Waals surface area contributed by atoms with Gasteiger partial charge in [0.2, 0.25) is 0 Å². The molecular weight excluding hydrogens is 306 g/mol. The van der Waals surface area contributed by atoms with Crippen LogP contribution in [0.2, 0.25) is 0 Å². The summed E-state index contributed by atoms with van der Waals surface area (Å²) >= 11 is 1.05. The molecule has 0 aliphatic heterocycles. The number of nitrogens with one attached hydrogen (secondary N) is 1. The SMILES string of the molecule is COCCn1cc2c(n1)[C@@H](Nc1ncc([N+](=O)[O-])s1)CCC2. The summed E-state index contributed by atoms with van der Waals surface area (Å²) in [6.45, 7) is 1.34. The normalized spacial score (nSPS) is 17.2. The first kappa shape index (κ1) is 14.9. The fourth-order valence-corrected chi connectivity index (χ4v) is 3.29. The molecule has 0 unspecified atom stereocenters. The van der Waals surface area contributed by atoms with Gasteiger partial charge in [0.15, 0.2) is 5.13 Å². The van der Waals surface area contributed by atoms with Crippen LogP contribution in [0.25, 0.3) is 0 Å². The molecule has 9 heteroatoms. The zero-order valence-electron chi connectivity index (χ0n) is 12.2. The molecular formula is C13H17N5O3S. The summed E-state index contributed by atoms with van der Waals surface area (Å²) in [4.78, 5) is 14.4. The van der Waals surface area contributed by atoms with Gasteiger partial charge < -0.3 is 10.1 Å². The van der Waals surface area contributed by atoms with Crippen LogP contribution in [0, 0.1) is 10.1 Å². The first-order valence-corrected chi connectivity index (χ1v) is 7.91. The molecule has 0 spiro atoms. The molecule has 0 bridgehead atoms. The van der Waals surface area contributed by atoms with Crippen molar-refractivity contribution < 1.29 is 9.66 Å². The molecule has 0 fully saturated rings. The minimum Gasteiger partial charge on any atom is -0.383 e. The number of anilines is 1. The average molecular weight is 323 g/mol. The molecule has 0 saturated heterocycles. The Hall–Kier alpha value is -2.00. The van der Waals surface area contributed by atoms with Crippen molar-refractivity contribution in [2.24, 2.45) is 0 Å². The molecule has 1 atom stereocenters. The van der Waals surface area contributed by atoms with Crippen molar-refractivity contribution in [3.8, 4) is 0 Å². The Kier molecular flexibility index (Phi) is 4.34.